The first-order chi connectivity index (χ1) is 11.5. The lowest BCUT2D eigenvalue weighted by Gasteiger charge is -2.10. The summed E-state index contributed by atoms with van der Waals surface area (Å²) < 4.78 is 15.1. The van der Waals surface area contributed by atoms with Crippen LogP contribution in [-0.4, -0.2) is 33.1 Å². The Kier molecular flexibility index (Phi) is 4.51. The average Bonchev–Trinajstić information content (AvgIpc) is 3.14. The van der Waals surface area contributed by atoms with Crippen molar-refractivity contribution in [3.63, 3.8) is 0 Å². The molecule has 3 rings (SSSR count). The minimum atomic E-state index is -0.822. The number of halogens is 1. The molecule has 1 fully saturated rings. The Morgan fingerprint density at radius 1 is 1.38 bits per heavy atom. The van der Waals surface area contributed by atoms with E-state index in [0.29, 0.717) is 32.2 Å². The molecule has 2 N–H and O–H groups in total. The van der Waals surface area contributed by atoms with Crippen molar-refractivity contribution >= 4 is 22.9 Å². The van der Waals surface area contributed by atoms with Crippen LogP contribution in [0.25, 0.3) is 11.0 Å². The highest BCUT2D eigenvalue weighted by Crippen LogP contribution is 2.31. The molecule has 0 saturated heterocycles. The van der Waals surface area contributed by atoms with Gasteiger partial charge in [-0.25, -0.2) is 9.37 Å². The minimum Gasteiger partial charge on any atom is -0.481 e. The van der Waals surface area contributed by atoms with Crippen molar-refractivity contribution in [3.05, 3.63) is 29.8 Å². The molecule has 0 radical (unpaired) electrons. The van der Waals surface area contributed by atoms with Gasteiger partial charge < -0.3 is 15.0 Å². The first-order valence-corrected chi connectivity index (χ1v) is 8.07. The summed E-state index contributed by atoms with van der Waals surface area (Å²) in [6.07, 6.45) is 2.12. The van der Waals surface area contributed by atoms with E-state index >= 15 is 0 Å². The van der Waals surface area contributed by atoms with Crippen molar-refractivity contribution in [1.29, 1.82) is 0 Å². The summed E-state index contributed by atoms with van der Waals surface area (Å²) in [5, 5.41) is 11.8. The highest BCUT2D eigenvalue weighted by atomic mass is 19.1. The van der Waals surface area contributed by atoms with Crippen LogP contribution in [0, 0.1) is 17.7 Å². The maximum atomic E-state index is 13.3. The van der Waals surface area contributed by atoms with E-state index in [9.17, 15) is 14.0 Å². The zero-order valence-electron chi connectivity index (χ0n) is 13.5. The quantitative estimate of drug-likeness (QED) is 0.875. The first kappa shape index (κ1) is 16.4. The first-order valence-electron chi connectivity index (χ1n) is 8.07. The fourth-order valence-corrected chi connectivity index (χ4v) is 3.32. The minimum absolute atomic E-state index is 0.0939. The molecule has 2 aromatic rings. The van der Waals surface area contributed by atoms with Crippen LogP contribution >= 0.6 is 0 Å². The molecular weight excluding hydrogens is 313 g/mol. The van der Waals surface area contributed by atoms with E-state index in [1.54, 1.807) is 6.07 Å². The van der Waals surface area contributed by atoms with E-state index in [1.807, 2.05) is 11.6 Å². The molecule has 0 unspecified atom stereocenters. The van der Waals surface area contributed by atoms with E-state index in [2.05, 4.69) is 10.3 Å². The Morgan fingerprint density at radius 2 is 2.12 bits per heavy atom. The number of hydrogen-bond acceptors (Lipinski definition) is 3. The number of fused-ring (bicyclic) bond motifs is 1. The van der Waals surface area contributed by atoms with Crippen molar-refractivity contribution in [2.75, 3.05) is 6.54 Å². The zero-order chi connectivity index (χ0) is 17.3. The number of hydrogen-bond donors (Lipinski definition) is 2. The van der Waals surface area contributed by atoms with Gasteiger partial charge in [-0.05, 0) is 37.5 Å². The molecule has 0 bridgehead atoms. The molecule has 1 aliphatic carbocycles. The van der Waals surface area contributed by atoms with Crippen LogP contribution in [0.3, 0.4) is 0 Å². The van der Waals surface area contributed by atoms with Crippen LogP contribution in [0.4, 0.5) is 4.39 Å². The van der Waals surface area contributed by atoms with Gasteiger partial charge in [-0.2, -0.15) is 0 Å². The van der Waals surface area contributed by atoms with Crippen LogP contribution in [0.5, 0.6) is 0 Å². The monoisotopic (exact) mass is 333 g/mol. The molecule has 2 atom stereocenters. The number of carboxylic acid groups (broad SMARTS) is 1. The fraction of sp³-hybridized carbons (Fsp3) is 0.471. The van der Waals surface area contributed by atoms with Gasteiger partial charge in [0.25, 0.3) is 0 Å². The van der Waals surface area contributed by atoms with Gasteiger partial charge in [0.05, 0.1) is 17.0 Å². The Bertz CT molecular complexity index is 787. The van der Waals surface area contributed by atoms with Gasteiger partial charge in [0.2, 0.25) is 5.91 Å². The Labute approximate surface area is 138 Å². The van der Waals surface area contributed by atoms with E-state index in [-0.39, 0.29) is 17.6 Å². The maximum absolute atomic E-state index is 13.3. The highest BCUT2D eigenvalue weighted by molar-refractivity contribution is 5.81. The number of rotatable bonds is 5. The largest absolute Gasteiger partial charge is 0.481 e. The van der Waals surface area contributed by atoms with Crippen LogP contribution < -0.4 is 5.32 Å². The lowest BCUT2D eigenvalue weighted by Crippen LogP contribution is -2.31. The normalized spacial score (nSPS) is 20.4. The second kappa shape index (κ2) is 6.59. The van der Waals surface area contributed by atoms with Crippen LogP contribution in [0.1, 0.15) is 25.1 Å². The number of carbonyl (C=O) groups is 2. The van der Waals surface area contributed by atoms with E-state index < -0.39 is 11.9 Å². The second-order valence-corrected chi connectivity index (χ2v) is 6.31. The molecule has 6 nitrogen and oxygen atoms in total. The fourth-order valence-electron chi connectivity index (χ4n) is 3.32. The van der Waals surface area contributed by atoms with Gasteiger partial charge in [0, 0.05) is 25.9 Å². The molecule has 1 saturated carbocycles. The van der Waals surface area contributed by atoms with Gasteiger partial charge in [0.1, 0.15) is 11.6 Å². The zero-order valence-corrected chi connectivity index (χ0v) is 13.5. The number of imidazole rings is 1. The Balaban J connectivity index is 1.56. The molecule has 1 aromatic carbocycles. The summed E-state index contributed by atoms with van der Waals surface area (Å²) in [5.41, 5.74) is 1.44. The molecule has 0 spiro atoms. The standard InChI is InChI=1S/C17H20FN3O3/c1-21-14-9-12(18)4-5-13(14)20-15(21)6-7-19-16(22)10-2-3-11(8-10)17(23)24/h4-5,9-11H,2-3,6-8H2,1H3,(H,19,22)(H,23,24)/t10-,11+/m1/s1. The van der Waals surface area contributed by atoms with Crippen molar-refractivity contribution < 1.29 is 19.1 Å². The predicted octanol–water partition coefficient (Wildman–Crippen LogP) is 1.87. The van der Waals surface area contributed by atoms with Crippen molar-refractivity contribution in [1.82, 2.24) is 14.9 Å². The number of aryl methyl sites for hydroxylation is 1. The predicted molar refractivity (Wildman–Crippen MR) is 85.9 cm³/mol. The molecule has 1 aliphatic rings. The van der Waals surface area contributed by atoms with Crippen molar-refractivity contribution in [2.24, 2.45) is 18.9 Å². The number of nitrogens with zero attached hydrogens (tertiary/aromatic N) is 2. The summed E-state index contributed by atoms with van der Waals surface area (Å²) in [6.45, 7) is 0.423. The van der Waals surface area contributed by atoms with E-state index in [1.165, 1.54) is 12.1 Å². The third-order valence-corrected chi connectivity index (χ3v) is 4.74. The van der Waals surface area contributed by atoms with Gasteiger partial charge in [-0.3, -0.25) is 9.59 Å². The second-order valence-electron chi connectivity index (χ2n) is 6.31. The van der Waals surface area contributed by atoms with Gasteiger partial charge >= 0.3 is 5.97 Å². The number of aromatic nitrogens is 2. The van der Waals surface area contributed by atoms with Crippen molar-refractivity contribution in [3.8, 4) is 0 Å². The Hall–Kier alpha value is -2.44. The average molecular weight is 333 g/mol. The summed E-state index contributed by atoms with van der Waals surface area (Å²) >= 11 is 0. The summed E-state index contributed by atoms with van der Waals surface area (Å²) in [4.78, 5) is 27.5. The number of carboxylic acids is 1. The lowest BCUT2D eigenvalue weighted by molar-refractivity contribution is -0.141. The van der Waals surface area contributed by atoms with Crippen LogP contribution in [-0.2, 0) is 23.1 Å². The smallest absolute Gasteiger partial charge is 0.306 e. The van der Waals surface area contributed by atoms with Crippen LogP contribution in [0.15, 0.2) is 18.2 Å². The number of aliphatic carboxylic acids is 1. The molecule has 1 amide bonds. The van der Waals surface area contributed by atoms with Gasteiger partial charge in [0.15, 0.2) is 0 Å². The molecule has 1 heterocycles. The van der Waals surface area contributed by atoms with Gasteiger partial charge in [-0.1, -0.05) is 0 Å². The molecule has 0 aliphatic heterocycles. The number of benzene rings is 1. The lowest BCUT2D eigenvalue weighted by atomic mass is 10.0. The highest BCUT2D eigenvalue weighted by Gasteiger charge is 2.33. The van der Waals surface area contributed by atoms with Crippen LogP contribution in [0.2, 0.25) is 0 Å². The SMILES string of the molecule is Cn1c(CCNC(=O)[C@@H]2CC[C@H](C(=O)O)C2)nc2ccc(F)cc21. The molecule has 128 valence electrons. The number of amides is 1. The third kappa shape index (κ3) is 3.25. The molecule has 7 heteroatoms. The van der Waals surface area contributed by atoms with E-state index in [4.69, 9.17) is 5.11 Å². The Morgan fingerprint density at radius 3 is 2.83 bits per heavy atom. The van der Waals surface area contributed by atoms with Crippen molar-refractivity contribution in [2.45, 2.75) is 25.7 Å². The van der Waals surface area contributed by atoms with E-state index in [0.717, 1.165) is 16.9 Å². The topological polar surface area (TPSA) is 84.2 Å². The summed E-state index contributed by atoms with van der Waals surface area (Å²) in [6, 6.07) is 4.45. The molecule has 1 aromatic heterocycles. The summed E-state index contributed by atoms with van der Waals surface area (Å²) in [7, 11) is 1.82. The number of carbonyl (C=O) groups excluding carboxylic acids is 1. The third-order valence-electron chi connectivity index (χ3n) is 4.74. The molecular formula is C17H20FN3O3. The maximum Gasteiger partial charge on any atom is 0.306 e. The number of nitrogens with one attached hydrogen (secondary N) is 1. The summed E-state index contributed by atoms with van der Waals surface area (Å²) in [5.74, 6) is -1.08. The molecule has 24 heavy (non-hydrogen) atoms. The van der Waals surface area contributed by atoms with Gasteiger partial charge in [-0.15, -0.1) is 0 Å².